The van der Waals surface area contributed by atoms with Gasteiger partial charge in [0.15, 0.2) is 5.78 Å². The Balaban J connectivity index is 0.00000101. The van der Waals surface area contributed by atoms with Crippen LogP contribution in [-0.4, -0.2) is 36.2 Å². The maximum Gasteiger partial charge on any atom is 0.373 e. The molecule has 1 saturated carbocycles. The molecular formula is C23H30N2O5. The zero-order valence-electron chi connectivity index (χ0n) is 17.7. The summed E-state index contributed by atoms with van der Waals surface area (Å²) < 4.78 is 11.5. The molecule has 1 aromatic heterocycles. The number of pyridine rings is 1. The lowest BCUT2D eigenvalue weighted by atomic mass is 9.84. The molecular weight excluding hydrogens is 384 g/mol. The number of ether oxygens (including phenoxy) is 2. The van der Waals surface area contributed by atoms with Gasteiger partial charge in [-0.2, -0.15) is 9.59 Å². The van der Waals surface area contributed by atoms with Crippen molar-refractivity contribution in [3.8, 4) is 5.75 Å². The molecule has 0 bridgehead atoms. The fourth-order valence-corrected chi connectivity index (χ4v) is 3.89. The van der Waals surface area contributed by atoms with Crippen LogP contribution < -0.4 is 10.5 Å². The molecule has 1 aliphatic carbocycles. The minimum Gasteiger partial charge on any atom is -0.490 e. The average molecular weight is 415 g/mol. The molecule has 1 aliphatic rings. The second-order valence-corrected chi connectivity index (χ2v) is 7.56. The van der Waals surface area contributed by atoms with Crippen molar-refractivity contribution in [1.29, 1.82) is 0 Å². The Morgan fingerprint density at radius 2 is 1.93 bits per heavy atom. The highest BCUT2D eigenvalue weighted by molar-refractivity contribution is 5.95. The van der Waals surface area contributed by atoms with Gasteiger partial charge in [0.2, 0.25) is 0 Å². The van der Waals surface area contributed by atoms with Gasteiger partial charge in [0.05, 0.1) is 17.0 Å². The lowest BCUT2D eigenvalue weighted by Gasteiger charge is -2.29. The van der Waals surface area contributed by atoms with E-state index in [1.165, 1.54) is 0 Å². The number of nitrogen functional groups attached to an aromatic ring is 1. The molecule has 1 heterocycles. The highest BCUT2D eigenvalue weighted by Gasteiger charge is 2.23. The zero-order valence-corrected chi connectivity index (χ0v) is 17.7. The molecule has 2 N–H and O–H groups in total. The van der Waals surface area contributed by atoms with E-state index in [1.54, 1.807) is 0 Å². The molecule has 0 spiro atoms. The van der Waals surface area contributed by atoms with Crippen LogP contribution in [0.15, 0.2) is 24.3 Å². The van der Waals surface area contributed by atoms with Crippen LogP contribution in [0.4, 0.5) is 5.69 Å². The first-order valence-corrected chi connectivity index (χ1v) is 10.4. The SMILES string of the molecule is CCOCC(=O)CCC1CCC(Oc2cccc3nc(C)cc(N)c23)CC1.O=C=O. The van der Waals surface area contributed by atoms with E-state index in [2.05, 4.69) is 4.98 Å². The Morgan fingerprint density at radius 3 is 2.60 bits per heavy atom. The van der Waals surface area contributed by atoms with E-state index in [4.69, 9.17) is 24.8 Å². The Labute approximate surface area is 176 Å². The van der Waals surface area contributed by atoms with Crippen molar-refractivity contribution in [1.82, 2.24) is 4.98 Å². The maximum atomic E-state index is 11.8. The number of anilines is 1. The largest absolute Gasteiger partial charge is 0.490 e. The number of fused-ring (bicyclic) bond motifs is 1. The Kier molecular flexibility index (Phi) is 9.45. The minimum absolute atomic E-state index is 0.201. The van der Waals surface area contributed by atoms with E-state index in [9.17, 15) is 4.79 Å². The van der Waals surface area contributed by atoms with Gasteiger partial charge >= 0.3 is 6.15 Å². The molecule has 1 aromatic carbocycles. The fourth-order valence-electron chi connectivity index (χ4n) is 3.89. The van der Waals surface area contributed by atoms with Crippen molar-refractivity contribution in [2.45, 2.75) is 58.5 Å². The first-order valence-electron chi connectivity index (χ1n) is 10.4. The summed E-state index contributed by atoms with van der Waals surface area (Å²) in [7, 11) is 0. The van der Waals surface area contributed by atoms with Crippen LogP contribution in [0.2, 0.25) is 0 Å². The Bertz CT molecular complexity index is 869. The molecule has 0 radical (unpaired) electrons. The second-order valence-electron chi connectivity index (χ2n) is 7.56. The summed E-state index contributed by atoms with van der Waals surface area (Å²) >= 11 is 0. The van der Waals surface area contributed by atoms with Gasteiger partial charge < -0.3 is 15.2 Å². The molecule has 2 aromatic rings. The number of ketones is 1. The van der Waals surface area contributed by atoms with Crippen molar-refractivity contribution in [3.05, 3.63) is 30.0 Å². The van der Waals surface area contributed by atoms with Gasteiger partial charge in [-0.1, -0.05) is 6.07 Å². The molecule has 162 valence electrons. The Hall–Kier alpha value is -2.76. The summed E-state index contributed by atoms with van der Waals surface area (Å²) in [6.45, 7) is 4.71. The molecule has 7 heteroatoms. The van der Waals surface area contributed by atoms with Gasteiger partial charge in [-0.3, -0.25) is 9.78 Å². The van der Waals surface area contributed by atoms with Gasteiger partial charge in [-0.25, -0.2) is 0 Å². The van der Waals surface area contributed by atoms with Gasteiger partial charge in [-0.15, -0.1) is 0 Å². The van der Waals surface area contributed by atoms with Crippen LogP contribution in [0.25, 0.3) is 10.9 Å². The topological polar surface area (TPSA) is 109 Å². The van der Waals surface area contributed by atoms with E-state index < -0.39 is 0 Å². The average Bonchev–Trinajstić information content (AvgIpc) is 2.72. The maximum absolute atomic E-state index is 11.8. The molecule has 0 aliphatic heterocycles. The van der Waals surface area contributed by atoms with Crippen molar-refractivity contribution in [3.63, 3.8) is 0 Å². The van der Waals surface area contributed by atoms with Crippen LogP contribution in [0.5, 0.6) is 5.75 Å². The number of rotatable bonds is 8. The van der Waals surface area contributed by atoms with Crippen LogP contribution in [0.3, 0.4) is 0 Å². The normalized spacial score (nSPS) is 18.2. The lowest BCUT2D eigenvalue weighted by molar-refractivity contribution is -0.191. The van der Waals surface area contributed by atoms with E-state index in [0.29, 0.717) is 18.9 Å². The quantitative estimate of drug-likeness (QED) is 0.698. The van der Waals surface area contributed by atoms with Gasteiger partial charge in [-0.05, 0) is 70.1 Å². The number of hydrogen-bond donors (Lipinski definition) is 1. The van der Waals surface area contributed by atoms with E-state index in [0.717, 1.165) is 60.1 Å². The fraction of sp³-hybridized carbons (Fsp3) is 0.522. The van der Waals surface area contributed by atoms with Crippen LogP contribution in [0.1, 0.15) is 51.1 Å². The number of carbonyl (C=O) groups is 1. The number of nitrogens with two attached hydrogens (primary N) is 1. The number of Topliss-reactive ketones (excluding diaryl/α,β-unsaturated/α-hetero) is 1. The van der Waals surface area contributed by atoms with Crippen molar-refractivity contribution >= 4 is 28.5 Å². The molecule has 3 rings (SSSR count). The van der Waals surface area contributed by atoms with Crippen molar-refractivity contribution in [2.75, 3.05) is 18.9 Å². The highest BCUT2D eigenvalue weighted by atomic mass is 16.5. The number of nitrogens with zero attached hydrogens (tertiary/aromatic N) is 1. The summed E-state index contributed by atoms with van der Waals surface area (Å²) in [6, 6.07) is 7.82. The molecule has 1 fully saturated rings. The number of carbonyl (C=O) groups excluding carboxylic acids is 3. The summed E-state index contributed by atoms with van der Waals surface area (Å²) in [5, 5.41) is 0.909. The van der Waals surface area contributed by atoms with Crippen LogP contribution in [0, 0.1) is 12.8 Å². The van der Waals surface area contributed by atoms with Gasteiger partial charge in [0, 0.05) is 24.4 Å². The molecule has 30 heavy (non-hydrogen) atoms. The van der Waals surface area contributed by atoms with Gasteiger partial charge in [0.25, 0.3) is 0 Å². The number of aromatic nitrogens is 1. The minimum atomic E-state index is 0.201. The highest BCUT2D eigenvalue weighted by Crippen LogP contribution is 2.35. The van der Waals surface area contributed by atoms with Crippen molar-refractivity contribution < 1.29 is 23.9 Å². The number of aryl methyl sites for hydroxylation is 1. The predicted octanol–water partition coefficient (Wildman–Crippen LogP) is 3.87. The number of benzene rings is 1. The zero-order chi connectivity index (χ0) is 21.9. The Morgan fingerprint density at radius 1 is 1.23 bits per heavy atom. The second kappa shape index (κ2) is 12.1. The lowest BCUT2D eigenvalue weighted by Crippen LogP contribution is -2.25. The van der Waals surface area contributed by atoms with Gasteiger partial charge in [0.1, 0.15) is 12.4 Å². The van der Waals surface area contributed by atoms with E-state index in [1.807, 2.05) is 38.1 Å². The summed E-state index contributed by atoms with van der Waals surface area (Å²) in [4.78, 5) is 32.6. The van der Waals surface area contributed by atoms with Crippen LogP contribution in [-0.2, 0) is 19.1 Å². The van der Waals surface area contributed by atoms with E-state index in [-0.39, 0.29) is 24.6 Å². The molecule has 0 amide bonds. The van der Waals surface area contributed by atoms with E-state index >= 15 is 0 Å². The third-order valence-corrected chi connectivity index (χ3v) is 5.34. The monoisotopic (exact) mass is 414 g/mol. The third-order valence-electron chi connectivity index (χ3n) is 5.34. The van der Waals surface area contributed by atoms with Crippen molar-refractivity contribution in [2.24, 2.45) is 5.92 Å². The molecule has 0 atom stereocenters. The summed E-state index contributed by atoms with van der Waals surface area (Å²) in [5.74, 6) is 1.65. The summed E-state index contributed by atoms with van der Waals surface area (Å²) in [6.07, 6.45) is 6.27. The number of hydrogen-bond acceptors (Lipinski definition) is 7. The smallest absolute Gasteiger partial charge is 0.373 e. The standard InChI is InChI=1S/C22H30N2O3.CO2/c1-3-26-14-17(25)10-7-16-8-11-18(12-9-16)27-21-6-4-5-20-22(21)19(23)13-15(2)24-20;2-1-3/h4-6,13,16,18H,3,7-12,14H2,1-2H3,(H2,23,24);. The molecule has 0 saturated heterocycles. The third kappa shape index (κ3) is 6.94. The first-order chi connectivity index (χ1) is 14.5. The first kappa shape index (κ1) is 23.5. The molecule has 0 unspecified atom stereocenters. The summed E-state index contributed by atoms with van der Waals surface area (Å²) in [5.41, 5.74) is 8.74. The van der Waals surface area contributed by atoms with Crippen LogP contribution >= 0.6 is 0 Å². The predicted molar refractivity (Wildman–Crippen MR) is 113 cm³/mol. The molecule has 7 nitrogen and oxygen atoms in total.